The van der Waals surface area contributed by atoms with Gasteiger partial charge in [0.05, 0.1) is 26.1 Å². The summed E-state index contributed by atoms with van der Waals surface area (Å²) >= 11 is 0. The summed E-state index contributed by atoms with van der Waals surface area (Å²) in [6.07, 6.45) is -1.93. The van der Waals surface area contributed by atoms with Crippen molar-refractivity contribution in [2.75, 3.05) is 25.6 Å². The number of rotatable bonds is 8. The number of nitrogen functional groups attached to an aromatic ring is 1. The molecule has 12 nitrogen and oxygen atoms in total. The van der Waals surface area contributed by atoms with Crippen LogP contribution in [-0.2, 0) is 22.9 Å². The highest BCUT2D eigenvalue weighted by Gasteiger charge is 2.45. The minimum absolute atomic E-state index is 0.124. The average Bonchev–Trinajstić information content (AvgIpc) is 3.17. The molecule has 27 heavy (non-hydrogen) atoms. The van der Waals surface area contributed by atoms with E-state index in [1.807, 2.05) is 0 Å². The Morgan fingerprint density at radius 2 is 1.89 bits per heavy atom. The Balaban J connectivity index is 1.75. The topological polar surface area (TPSA) is 164 Å². The van der Waals surface area contributed by atoms with Crippen LogP contribution in [0.3, 0.4) is 0 Å². The van der Waals surface area contributed by atoms with Crippen LogP contribution in [0.1, 0.15) is 20.1 Å². The number of anilines is 1. The predicted octanol–water partition coefficient (Wildman–Crippen LogP) is 0.225. The minimum Gasteiger partial charge on any atom is -0.387 e. The molecule has 2 aromatic heterocycles. The molecule has 0 aromatic carbocycles. The number of hydrogen-bond acceptors (Lipinski definition) is 11. The maximum Gasteiger partial charge on any atom is 0.474 e. The molecule has 1 aliphatic heterocycles. The van der Waals surface area contributed by atoms with Gasteiger partial charge in [-0.05, 0) is 13.8 Å². The highest BCUT2D eigenvalue weighted by molar-refractivity contribution is 7.48. The summed E-state index contributed by atoms with van der Waals surface area (Å²) in [7, 11) is -3.77. The summed E-state index contributed by atoms with van der Waals surface area (Å²) in [6.45, 7) is 3.23. The number of ether oxygens (including phenoxy) is 1. The van der Waals surface area contributed by atoms with Crippen LogP contribution < -0.4 is 5.73 Å². The van der Waals surface area contributed by atoms with E-state index in [-0.39, 0.29) is 25.6 Å². The van der Waals surface area contributed by atoms with E-state index in [0.29, 0.717) is 11.2 Å². The molecule has 2 aromatic rings. The largest absolute Gasteiger partial charge is 0.474 e. The molecular weight excluding hydrogens is 381 g/mol. The zero-order valence-electron chi connectivity index (χ0n) is 14.8. The third kappa shape index (κ3) is 3.97. The van der Waals surface area contributed by atoms with Crippen molar-refractivity contribution in [2.24, 2.45) is 0 Å². The van der Waals surface area contributed by atoms with Gasteiger partial charge in [-0.25, -0.2) is 19.5 Å². The summed E-state index contributed by atoms with van der Waals surface area (Å²) in [6, 6.07) is 0. The van der Waals surface area contributed by atoms with Crippen LogP contribution in [0.2, 0.25) is 0 Å². The van der Waals surface area contributed by atoms with Crippen LogP contribution in [0, 0.1) is 0 Å². The zero-order chi connectivity index (χ0) is 19.6. The standard InChI is InChI=1S/C14H22N5O7P/c1-3-23-27(22,24-4-2)25-5-8-10(20)11(21)14(26-8)19-7-18-9-12(15)16-6-17-13(9)19/h6-8,10-11,14,20-21H,3-5H2,1-2H3,(H2,15,16,17). The van der Waals surface area contributed by atoms with Gasteiger partial charge in [-0.15, -0.1) is 0 Å². The summed E-state index contributed by atoms with van der Waals surface area (Å²) in [5.41, 5.74) is 6.44. The van der Waals surface area contributed by atoms with E-state index in [1.54, 1.807) is 13.8 Å². The van der Waals surface area contributed by atoms with Crippen LogP contribution in [0.25, 0.3) is 11.2 Å². The molecule has 0 aliphatic carbocycles. The minimum atomic E-state index is -3.77. The number of aliphatic hydroxyl groups excluding tert-OH is 2. The van der Waals surface area contributed by atoms with Crippen LogP contribution in [0.15, 0.2) is 12.7 Å². The van der Waals surface area contributed by atoms with Crippen molar-refractivity contribution in [3.63, 3.8) is 0 Å². The van der Waals surface area contributed by atoms with E-state index in [1.165, 1.54) is 17.2 Å². The van der Waals surface area contributed by atoms with E-state index in [9.17, 15) is 14.8 Å². The Kier molecular flexibility index (Phi) is 6.06. The number of imidazole rings is 1. The van der Waals surface area contributed by atoms with Gasteiger partial charge in [0.25, 0.3) is 0 Å². The van der Waals surface area contributed by atoms with E-state index >= 15 is 0 Å². The molecule has 0 bridgehead atoms. The monoisotopic (exact) mass is 403 g/mol. The lowest BCUT2D eigenvalue weighted by Gasteiger charge is -2.20. The third-order valence-corrected chi connectivity index (χ3v) is 5.58. The molecule has 1 fully saturated rings. The second kappa shape index (κ2) is 8.15. The van der Waals surface area contributed by atoms with Crippen molar-refractivity contribution in [2.45, 2.75) is 38.4 Å². The first-order chi connectivity index (χ1) is 12.9. The summed E-state index contributed by atoms with van der Waals surface area (Å²) in [5, 5.41) is 20.7. The first-order valence-electron chi connectivity index (χ1n) is 8.38. The smallest absolute Gasteiger partial charge is 0.387 e. The average molecular weight is 403 g/mol. The van der Waals surface area contributed by atoms with Gasteiger partial charge >= 0.3 is 7.82 Å². The highest BCUT2D eigenvalue weighted by atomic mass is 31.2. The maximum absolute atomic E-state index is 12.4. The summed E-state index contributed by atoms with van der Waals surface area (Å²) < 4.78 is 34.8. The lowest BCUT2D eigenvalue weighted by molar-refractivity contribution is -0.0524. The van der Waals surface area contributed by atoms with Gasteiger partial charge in [-0.1, -0.05) is 0 Å². The van der Waals surface area contributed by atoms with Gasteiger partial charge in [0.1, 0.15) is 30.2 Å². The number of nitrogens with two attached hydrogens (primary N) is 1. The Bertz CT molecular complexity index is 823. The molecule has 3 heterocycles. The van der Waals surface area contributed by atoms with Gasteiger partial charge < -0.3 is 20.7 Å². The van der Waals surface area contributed by atoms with Crippen molar-refractivity contribution in [3.8, 4) is 0 Å². The van der Waals surface area contributed by atoms with E-state index in [4.69, 9.17) is 24.0 Å². The number of phosphoric acid groups is 1. The lowest BCUT2D eigenvalue weighted by atomic mass is 10.1. The maximum atomic E-state index is 12.4. The third-order valence-electron chi connectivity index (χ3n) is 3.97. The molecule has 0 spiro atoms. The number of aromatic nitrogens is 4. The summed E-state index contributed by atoms with van der Waals surface area (Å²) in [5.74, 6) is 0.182. The normalized spacial score (nSPS) is 26.1. The molecule has 150 valence electrons. The molecule has 1 saturated heterocycles. The molecular formula is C14H22N5O7P. The van der Waals surface area contributed by atoms with E-state index in [0.717, 1.165) is 0 Å². The lowest BCUT2D eigenvalue weighted by Crippen LogP contribution is -2.33. The molecule has 0 radical (unpaired) electrons. The van der Waals surface area contributed by atoms with Crippen molar-refractivity contribution in [3.05, 3.63) is 12.7 Å². The van der Waals surface area contributed by atoms with Gasteiger partial charge in [-0.3, -0.25) is 18.1 Å². The quantitative estimate of drug-likeness (QED) is 0.517. The first-order valence-corrected chi connectivity index (χ1v) is 9.84. The van der Waals surface area contributed by atoms with Gasteiger partial charge in [0.2, 0.25) is 0 Å². The van der Waals surface area contributed by atoms with E-state index in [2.05, 4.69) is 15.0 Å². The Morgan fingerprint density at radius 1 is 1.19 bits per heavy atom. The molecule has 4 N–H and O–H groups in total. The fourth-order valence-corrected chi connectivity index (χ4v) is 3.93. The molecule has 3 rings (SSSR count). The number of phosphoric ester groups is 1. The van der Waals surface area contributed by atoms with E-state index < -0.39 is 32.4 Å². The molecule has 4 atom stereocenters. The Hall–Kier alpha value is -1.66. The van der Waals surface area contributed by atoms with Gasteiger partial charge in [0, 0.05) is 0 Å². The first kappa shape index (κ1) is 20.1. The molecule has 4 unspecified atom stereocenters. The number of hydrogen-bond donors (Lipinski definition) is 3. The van der Waals surface area contributed by atoms with Crippen molar-refractivity contribution in [1.82, 2.24) is 19.5 Å². The van der Waals surface area contributed by atoms with Crippen LogP contribution in [0.4, 0.5) is 5.82 Å². The second-order valence-electron chi connectivity index (χ2n) is 5.71. The van der Waals surface area contributed by atoms with Crippen molar-refractivity contribution < 1.29 is 33.1 Å². The van der Waals surface area contributed by atoms with Gasteiger partial charge in [-0.2, -0.15) is 0 Å². The van der Waals surface area contributed by atoms with Crippen molar-refractivity contribution >= 4 is 24.8 Å². The van der Waals surface area contributed by atoms with Gasteiger partial charge in [0.15, 0.2) is 17.7 Å². The van der Waals surface area contributed by atoms with Crippen LogP contribution in [0.5, 0.6) is 0 Å². The highest BCUT2D eigenvalue weighted by Crippen LogP contribution is 2.49. The predicted molar refractivity (Wildman–Crippen MR) is 92.5 cm³/mol. The Labute approximate surface area is 154 Å². The number of nitrogens with zero attached hydrogens (tertiary/aromatic N) is 4. The SMILES string of the molecule is CCOP(=O)(OCC)OCC1OC(n2cnc3c(N)ncnc32)C(O)C1O. The number of fused-ring (bicyclic) bond motifs is 1. The molecule has 0 amide bonds. The molecule has 13 heteroatoms. The molecule has 1 aliphatic rings. The fraction of sp³-hybridized carbons (Fsp3) is 0.643. The van der Waals surface area contributed by atoms with Crippen LogP contribution >= 0.6 is 7.82 Å². The Morgan fingerprint density at radius 3 is 2.56 bits per heavy atom. The summed E-state index contributed by atoms with van der Waals surface area (Å²) in [4.78, 5) is 12.0. The van der Waals surface area contributed by atoms with Crippen LogP contribution in [-0.4, -0.2) is 67.9 Å². The van der Waals surface area contributed by atoms with Crippen molar-refractivity contribution in [1.29, 1.82) is 0 Å². The molecule has 0 saturated carbocycles. The zero-order valence-corrected chi connectivity index (χ0v) is 15.7. The fourth-order valence-electron chi connectivity index (χ4n) is 2.75. The number of aliphatic hydroxyl groups is 2. The second-order valence-corrected chi connectivity index (χ2v) is 7.38.